The van der Waals surface area contributed by atoms with E-state index in [2.05, 4.69) is 20.2 Å². The number of amides is 2. The monoisotopic (exact) mass is 486 g/mol. The molecule has 6 heterocycles. The van der Waals surface area contributed by atoms with Crippen molar-refractivity contribution in [1.29, 1.82) is 0 Å². The van der Waals surface area contributed by atoms with Gasteiger partial charge in [-0.15, -0.1) is 0 Å². The number of imidazole rings is 1. The summed E-state index contributed by atoms with van der Waals surface area (Å²) < 4.78 is 21.8. The van der Waals surface area contributed by atoms with Gasteiger partial charge in [0.1, 0.15) is 23.8 Å². The minimum atomic E-state index is -0.285. The number of pyridine rings is 1. The average molecular weight is 487 g/mol. The number of rotatable bonds is 3. The molecule has 3 aliphatic rings. The van der Waals surface area contributed by atoms with E-state index in [1.807, 2.05) is 27.7 Å². The van der Waals surface area contributed by atoms with Gasteiger partial charge in [-0.05, 0) is 29.8 Å². The number of piperazine rings is 1. The number of urea groups is 1. The zero-order valence-electron chi connectivity index (χ0n) is 19.3. The van der Waals surface area contributed by atoms with Crippen LogP contribution in [0.2, 0.25) is 0 Å². The number of carbonyl (C=O) groups is 1. The van der Waals surface area contributed by atoms with Crippen LogP contribution in [0.1, 0.15) is 17.4 Å². The van der Waals surface area contributed by atoms with Crippen molar-refractivity contribution in [2.75, 3.05) is 37.7 Å². The maximum Gasteiger partial charge on any atom is 0.317 e. The molecule has 0 saturated carbocycles. The molecule has 0 radical (unpaired) electrons. The number of nitrogens with one attached hydrogen (secondary N) is 1. The van der Waals surface area contributed by atoms with Gasteiger partial charge in [0.05, 0.1) is 24.4 Å². The van der Waals surface area contributed by atoms with E-state index in [9.17, 15) is 9.18 Å². The van der Waals surface area contributed by atoms with Crippen LogP contribution < -0.4 is 10.2 Å². The highest BCUT2D eigenvalue weighted by molar-refractivity contribution is 5.78. The average Bonchev–Trinajstić information content (AvgIpc) is 3.48. The first kappa shape index (κ1) is 21.2. The second-order valence-corrected chi connectivity index (χ2v) is 9.27. The lowest BCUT2D eigenvalue weighted by molar-refractivity contribution is 0.0676. The number of aromatic nitrogens is 5. The quantitative estimate of drug-likeness (QED) is 0.474. The van der Waals surface area contributed by atoms with Crippen LogP contribution in [0.5, 0.6) is 0 Å². The summed E-state index contributed by atoms with van der Waals surface area (Å²) in [5.74, 6) is 1.12. The summed E-state index contributed by atoms with van der Waals surface area (Å²) in [4.78, 5) is 34.7. The number of carbonyl (C=O) groups excluding carboxylic acids is 1. The highest BCUT2D eigenvalue weighted by Gasteiger charge is 2.36. The Labute approximate surface area is 205 Å². The highest BCUT2D eigenvalue weighted by atomic mass is 19.1. The summed E-state index contributed by atoms with van der Waals surface area (Å²) in [7, 11) is 0. The van der Waals surface area contributed by atoms with Crippen molar-refractivity contribution in [3.63, 3.8) is 0 Å². The maximum atomic E-state index is 14.0. The van der Waals surface area contributed by atoms with E-state index in [1.165, 1.54) is 12.1 Å². The summed E-state index contributed by atoms with van der Waals surface area (Å²) in [6.07, 6.45) is 3.56. The largest absolute Gasteiger partial charge is 0.371 e. The van der Waals surface area contributed by atoms with Crippen molar-refractivity contribution in [2.24, 2.45) is 0 Å². The van der Waals surface area contributed by atoms with Crippen molar-refractivity contribution < 1.29 is 13.9 Å². The maximum absolute atomic E-state index is 14.0. The van der Waals surface area contributed by atoms with Crippen molar-refractivity contribution >= 4 is 23.1 Å². The molecule has 11 heteroatoms. The van der Waals surface area contributed by atoms with E-state index >= 15 is 0 Å². The first-order chi connectivity index (χ1) is 17.6. The lowest BCUT2D eigenvalue weighted by Gasteiger charge is -2.36. The predicted molar refractivity (Wildman–Crippen MR) is 129 cm³/mol. The van der Waals surface area contributed by atoms with Gasteiger partial charge in [-0.25, -0.2) is 29.1 Å². The predicted octanol–water partition coefficient (Wildman–Crippen LogP) is 2.36. The van der Waals surface area contributed by atoms with Crippen LogP contribution in [0.3, 0.4) is 0 Å². The van der Waals surface area contributed by atoms with Gasteiger partial charge in [-0.2, -0.15) is 0 Å². The molecular weight excluding hydrogens is 463 g/mol. The van der Waals surface area contributed by atoms with E-state index in [0.717, 1.165) is 33.8 Å². The molecule has 2 amide bonds. The Bertz CT molecular complexity index is 1470. The molecule has 2 unspecified atom stereocenters. The minimum Gasteiger partial charge on any atom is -0.371 e. The SMILES string of the molecule is O=C1NCC2CN(c3ncc(-c4ccc5nc6n(c5n4)C(c4cccc(F)c4)COC6)cn3)CCN12. The van der Waals surface area contributed by atoms with Gasteiger partial charge in [-0.3, -0.25) is 0 Å². The first-order valence-electron chi connectivity index (χ1n) is 12.0. The van der Waals surface area contributed by atoms with Gasteiger partial charge in [0.15, 0.2) is 5.65 Å². The Morgan fingerprint density at radius 2 is 1.97 bits per heavy atom. The molecule has 36 heavy (non-hydrogen) atoms. The summed E-state index contributed by atoms with van der Waals surface area (Å²) in [5.41, 5.74) is 3.82. The van der Waals surface area contributed by atoms with Gasteiger partial charge in [-0.1, -0.05) is 12.1 Å². The molecule has 4 aromatic rings. The molecule has 7 rings (SSSR count). The number of hydrogen-bond donors (Lipinski definition) is 1. The lowest BCUT2D eigenvalue weighted by Crippen LogP contribution is -2.52. The molecule has 182 valence electrons. The molecule has 0 aliphatic carbocycles. The molecule has 0 spiro atoms. The van der Waals surface area contributed by atoms with Crippen molar-refractivity contribution in [2.45, 2.75) is 18.7 Å². The van der Waals surface area contributed by atoms with Crippen LogP contribution in [-0.4, -0.2) is 74.3 Å². The fourth-order valence-corrected chi connectivity index (χ4v) is 5.31. The molecule has 1 N–H and O–H groups in total. The standard InChI is InChI=1S/C25H23FN8O2/c26-17-3-1-2-15(8-17)21-13-36-14-22-30-20-5-4-19(31-23(20)34(21)22)16-9-27-24(28-10-16)32-6-7-33-18(12-32)11-29-25(33)35/h1-5,8-10,18,21H,6-7,11-14H2,(H,29,35). The van der Waals surface area contributed by atoms with Gasteiger partial charge in [0, 0.05) is 44.1 Å². The van der Waals surface area contributed by atoms with Crippen molar-refractivity contribution in [3.8, 4) is 11.3 Å². The molecule has 10 nitrogen and oxygen atoms in total. The molecule has 2 saturated heterocycles. The fourth-order valence-electron chi connectivity index (χ4n) is 5.31. The van der Waals surface area contributed by atoms with Gasteiger partial charge in [0.25, 0.3) is 0 Å². The number of ether oxygens (including phenoxy) is 1. The van der Waals surface area contributed by atoms with E-state index in [4.69, 9.17) is 14.7 Å². The second kappa shape index (κ2) is 8.23. The van der Waals surface area contributed by atoms with E-state index < -0.39 is 0 Å². The number of nitrogens with zero attached hydrogens (tertiary/aromatic N) is 7. The summed E-state index contributed by atoms with van der Waals surface area (Å²) in [6.45, 7) is 3.50. The Morgan fingerprint density at radius 3 is 2.83 bits per heavy atom. The van der Waals surface area contributed by atoms with E-state index in [-0.39, 0.29) is 23.9 Å². The van der Waals surface area contributed by atoms with Gasteiger partial charge >= 0.3 is 6.03 Å². The number of halogens is 1. The normalized spacial score (nSPS) is 21.4. The third-order valence-electron chi connectivity index (χ3n) is 7.11. The Morgan fingerprint density at radius 1 is 1.08 bits per heavy atom. The zero-order valence-corrected chi connectivity index (χ0v) is 19.3. The molecule has 2 fully saturated rings. The fraction of sp³-hybridized carbons (Fsp3) is 0.320. The van der Waals surface area contributed by atoms with Crippen LogP contribution in [0.15, 0.2) is 48.8 Å². The van der Waals surface area contributed by atoms with Crippen molar-refractivity contribution in [3.05, 3.63) is 66.0 Å². The van der Waals surface area contributed by atoms with Crippen LogP contribution in [0.25, 0.3) is 22.4 Å². The van der Waals surface area contributed by atoms with Crippen LogP contribution in [0.4, 0.5) is 15.1 Å². The summed E-state index contributed by atoms with van der Waals surface area (Å²) in [6, 6.07) is 10.3. The van der Waals surface area contributed by atoms with Crippen LogP contribution in [0, 0.1) is 5.82 Å². The Kier molecular flexibility index (Phi) is 4.84. The molecule has 2 atom stereocenters. The molecule has 1 aromatic carbocycles. The Hall–Kier alpha value is -4.12. The Balaban J connectivity index is 1.19. The van der Waals surface area contributed by atoms with Gasteiger partial charge < -0.3 is 24.4 Å². The zero-order chi connectivity index (χ0) is 24.2. The number of fused-ring (bicyclic) bond motifs is 4. The minimum absolute atomic E-state index is 0.00523. The first-order valence-corrected chi connectivity index (χ1v) is 12.0. The van der Waals surface area contributed by atoms with Crippen LogP contribution >= 0.6 is 0 Å². The van der Waals surface area contributed by atoms with Crippen molar-refractivity contribution in [1.82, 2.24) is 34.7 Å². The molecule has 3 aromatic heterocycles. The van der Waals surface area contributed by atoms with Gasteiger partial charge in [0.2, 0.25) is 5.95 Å². The van der Waals surface area contributed by atoms with Crippen LogP contribution in [-0.2, 0) is 11.3 Å². The summed E-state index contributed by atoms with van der Waals surface area (Å²) >= 11 is 0. The second-order valence-electron chi connectivity index (χ2n) is 9.27. The topological polar surface area (TPSA) is 101 Å². The molecule has 0 bridgehead atoms. The number of anilines is 1. The third kappa shape index (κ3) is 3.46. The number of hydrogen-bond acceptors (Lipinski definition) is 7. The third-order valence-corrected chi connectivity index (χ3v) is 7.11. The van der Waals surface area contributed by atoms with E-state index in [1.54, 1.807) is 18.5 Å². The summed E-state index contributed by atoms with van der Waals surface area (Å²) in [5, 5.41) is 2.89. The molecular formula is C25H23FN8O2. The smallest absolute Gasteiger partial charge is 0.317 e. The lowest BCUT2D eigenvalue weighted by atomic mass is 10.1. The highest BCUT2D eigenvalue weighted by Crippen LogP contribution is 2.31. The molecule has 3 aliphatic heterocycles. The van der Waals surface area contributed by atoms with E-state index in [0.29, 0.717) is 45.3 Å². The number of benzene rings is 1.